The second-order valence-corrected chi connectivity index (χ2v) is 5.91. The summed E-state index contributed by atoms with van der Waals surface area (Å²) in [5, 5.41) is 6.46. The Morgan fingerprint density at radius 2 is 2.11 bits per heavy atom. The van der Waals surface area contributed by atoms with Crippen LogP contribution in [0, 0.1) is 0 Å². The Labute approximate surface area is 118 Å². The van der Waals surface area contributed by atoms with Crippen molar-refractivity contribution < 1.29 is 4.79 Å². The lowest BCUT2D eigenvalue weighted by Gasteiger charge is -2.26. The van der Waals surface area contributed by atoms with Gasteiger partial charge in [0.1, 0.15) is 0 Å². The molecule has 0 bridgehead atoms. The van der Waals surface area contributed by atoms with Gasteiger partial charge in [0, 0.05) is 6.04 Å². The second kappa shape index (κ2) is 7.85. The summed E-state index contributed by atoms with van der Waals surface area (Å²) in [5.41, 5.74) is -0.340. The first-order valence-electron chi connectivity index (χ1n) is 7.80. The Morgan fingerprint density at radius 3 is 2.63 bits per heavy atom. The summed E-state index contributed by atoms with van der Waals surface area (Å²) < 4.78 is 0. The van der Waals surface area contributed by atoms with Gasteiger partial charge in [-0.15, -0.1) is 0 Å². The van der Waals surface area contributed by atoms with Crippen molar-refractivity contribution in [3.63, 3.8) is 0 Å². The molecule has 0 radical (unpaired) electrons. The maximum Gasteiger partial charge on any atom is 0.240 e. The van der Waals surface area contributed by atoms with E-state index in [-0.39, 0.29) is 17.5 Å². The minimum atomic E-state index is -0.340. The van der Waals surface area contributed by atoms with E-state index in [1.54, 1.807) is 0 Å². The summed E-state index contributed by atoms with van der Waals surface area (Å²) in [6, 6.07) is 0.266. The molecule has 1 aliphatic heterocycles. The zero-order valence-electron chi connectivity index (χ0n) is 13.1. The standard InChI is InChI=1S/C15H31N3O/c1-5-18(6-2)12-7-9-13(3)17-14(19)15(4)10-8-11-16-15/h13,16H,5-12H2,1-4H3,(H,17,19). The molecule has 1 fully saturated rings. The highest BCUT2D eigenvalue weighted by Crippen LogP contribution is 2.18. The van der Waals surface area contributed by atoms with Gasteiger partial charge in [-0.2, -0.15) is 0 Å². The number of nitrogens with one attached hydrogen (secondary N) is 2. The molecule has 0 spiro atoms. The first kappa shape index (κ1) is 16.4. The van der Waals surface area contributed by atoms with Crippen molar-refractivity contribution in [2.45, 2.75) is 65.0 Å². The molecule has 1 amide bonds. The van der Waals surface area contributed by atoms with Gasteiger partial charge in [0.15, 0.2) is 0 Å². The molecule has 0 aromatic heterocycles. The third-order valence-corrected chi connectivity index (χ3v) is 4.25. The fourth-order valence-electron chi connectivity index (χ4n) is 2.70. The van der Waals surface area contributed by atoms with Crippen LogP contribution in [0.1, 0.15) is 53.4 Å². The molecule has 2 atom stereocenters. The number of carbonyl (C=O) groups is 1. The Morgan fingerprint density at radius 1 is 1.42 bits per heavy atom. The molecule has 4 heteroatoms. The van der Waals surface area contributed by atoms with Crippen LogP contribution in [0.2, 0.25) is 0 Å². The summed E-state index contributed by atoms with van der Waals surface area (Å²) in [6.45, 7) is 12.8. The molecule has 1 heterocycles. The van der Waals surface area contributed by atoms with Crippen LogP contribution in [0.15, 0.2) is 0 Å². The lowest BCUT2D eigenvalue weighted by Crippen LogP contribution is -2.53. The van der Waals surface area contributed by atoms with Crippen molar-refractivity contribution in [2.24, 2.45) is 0 Å². The fraction of sp³-hybridized carbons (Fsp3) is 0.933. The van der Waals surface area contributed by atoms with Gasteiger partial charge in [0.25, 0.3) is 0 Å². The first-order valence-corrected chi connectivity index (χ1v) is 7.80. The predicted molar refractivity (Wildman–Crippen MR) is 80.3 cm³/mol. The predicted octanol–water partition coefficient (Wildman–Crippen LogP) is 1.76. The Kier molecular flexibility index (Phi) is 6.80. The minimum absolute atomic E-state index is 0.167. The molecule has 0 aromatic rings. The van der Waals surface area contributed by atoms with E-state index in [0.29, 0.717) is 0 Å². The van der Waals surface area contributed by atoms with Crippen LogP contribution < -0.4 is 10.6 Å². The van der Waals surface area contributed by atoms with Gasteiger partial charge in [-0.25, -0.2) is 0 Å². The smallest absolute Gasteiger partial charge is 0.240 e. The molecule has 112 valence electrons. The van der Waals surface area contributed by atoms with Crippen molar-refractivity contribution in [3.8, 4) is 0 Å². The molecular weight excluding hydrogens is 238 g/mol. The topological polar surface area (TPSA) is 44.4 Å². The normalized spacial score (nSPS) is 24.7. The van der Waals surface area contributed by atoms with Crippen LogP contribution in [0.25, 0.3) is 0 Å². The highest BCUT2D eigenvalue weighted by molar-refractivity contribution is 5.86. The third-order valence-electron chi connectivity index (χ3n) is 4.25. The van der Waals surface area contributed by atoms with Gasteiger partial charge in [0.05, 0.1) is 5.54 Å². The first-order chi connectivity index (χ1) is 9.01. The summed E-state index contributed by atoms with van der Waals surface area (Å²) >= 11 is 0. The highest BCUT2D eigenvalue weighted by atomic mass is 16.2. The molecule has 1 rings (SSSR count). The maximum absolute atomic E-state index is 12.2. The van der Waals surface area contributed by atoms with Gasteiger partial charge in [-0.1, -0.05) is 13.8 Å². The fourth-order valence-corrected chi connectivity index (χ4v) is 2.70. The molecule has 0 aliphatic carbocycles. The summed E-state index contributed by atoms with van der Waals surface area (Å²) in [6.07, 6.45) is 4.25. The van der Waals surface area contributed by atoms with Crippen molar-refractivity contribution in [1.82, 2.24) is 15.5 Å². The van der Waals surface area contributed by atoms with E-state index in [1.807, 2.05) is 6.92 Å². The SMILES string of the molecule is CCN(CC)CCCC(C)NC(=O)C1(C)CCCN1. The molecule has 2 unspecified atom stereocenters. The van der Waals surface area contributed by atoms with Crippen molar-refractivity contribution in [3.05, 3.63) is 0 Å². The number of amides is 1. The van der Waals surface area contributed by atoms with Crippen molar-refractivity contribution in [1.29, 1.82) is 0 Å². The largest absolute Gasteiger partial charge is 0.352 e. The Hall–Kier alpha value is -0.610. The highest BCUT2D eigenvalue weighted by Gasteiger charge is 2.36. The van der Waals surface area contributed by atoms with Crippen LogP contribution in [-0.2, 0) is 4.79 Å². The Balaban J connectivity index is 2.23. The molecule has 4 nitrogen and oxygen atoms in total. The zero-order chi connectivity index (χ0) is 14.3. The lowest BCUT2D eigenvalue weighted by molar-refractivity contribution is -0.127. The molecule has 19 heavy (non-hydrogen) atoms. The van der Waals surface area contributed by atoms with E-state index >= 15 is 0 Å². The lowest BCUT2D eigenvalue weighted by atomic mass is 9.98. The zero-order valence-corrected chi connectivity index (χ0v) is 13.1. The van der Waals surface area contributed by atoms with E-state index in [9.17, 15) is 4.79 Å². The summed E-state index contributed by atoms with van der Waals surface area (Å²) in [4.78, 5) is 14.6. The molecule has 1 saturated heterocycles. The van der Waals surface area contributed by atoms with Crippen LogP contribution >= 0.6 is 0 Å². The third kappa shape index (κ3) is 5.11. The summed E-state index contributed by atoms with van der Waals surface area (Å²) in [7, 11) is 0. The summed E-state index contributed by atoms with van der Waals surface area (Å²) in [5.74, 6) is 0.167. The Bertz CT molecular complexity index is 271. The van der Waals surface area contributed by atoms with Gasteiger partial charge in [0.2, 0.25) is 5.91 Å². The van der Waals surface area contributed by atoms with E-state index < -0.39 is 0 Å². The van der Waals surface area contributed by atoms with Crippen LogP contribution in [0.3, 0.4) is 0 Å². The number of nitrogens with zero attached hydrogens (tertiary/aromatic N) is 1. The molecular formula is C15H31N3O. The van der Waals surface area contributed by atoms with E-state index in [2.05, 4.69) is 36.3 Å². The van der Waals surface area contributed by atoms with Gasteiger partial charge in [-0.05, 0) is 65.7 Å². The van der Waals surface area contributed by atoms with E-state index in [1.165, 1.54) is 0 Å². The van der Waals surface area contributed by atoms with Crippen molar-refractivity contribution in [2.75, 3.05) is 26.2 Å². The monoisotopic (exact) mass is 269 g/mol. The number of hydrogen-bond donors (Lipinski definition) is 2. The average Bonchev–Trinajstić information content (AvgIpc) is 2.83. The van der Waals surface area contributed by atoms with E-state index in [0.717, 1.165) is 51.9 Å². The van der Waals surface area contributed by atoms with Crippen LogP contribution in [0.4, 0.5) is 0 Å². The number of carbonyl (C=O) groups excluding carboxylic acids is 1. The van der Waals surface area contributed by atoms with Crippen molar-refractivity contribution >= 4 is 5.91 Å². The number of hydrogen-bond acceptors (Lipinski definition) is 3. The molecule has 2 N–H and O–H groups in total. The van der Waals surface area contributed by atoms with Gasteiger partial charge < -0.3 is 15.5 Å². The quantitative estimate of drug-likeness (QED) is 0.706. The van der Waals surface area contributed by atoms with Crippen LogP contribution in [0.5, 0.6) is 0 Å². The van der Waals surface area contributed by atoms with Gasteiger partial charge >= 0.3 is 0 Å². The maximum atomic E-state index is 12.2. The molecule has 0 saturated carbocycles. The minimum Gasteiger partial charge on any atom is -0.352 e. The average molecular weight is 269 g/mol. The van der Waals surface area contributed by atoms with E-state index in [4.69, 9.17) is 0 Å². The van der Waals surface area contributed by atoms with Crippen LogP contribution in [-0.4, -0.2) is 48.6 Å². The molecule has 0 aromatic carbocycles. The number of rotatable bonds is 8. The van der Waals surface area contributed by atoms with Gasteiger partial charge in [-0.3, -0.25) is 4.79 Å². The second-order valence-electron chi connectivity index (χ2n) is 5.91. The molecule has 1 aliphatic rings.